The average Bonchev–Trinajstić information content (AvgIpc) is 2.33. The van der Waals surface area contributed by atoms with Crippen LogP contribution in [0.2, 0.25) is 0 Å². The minimum Gasteiger partial charge on any atom is -0.448 e. The Morgan fingerprint density at radius 1 is 1.32 bits per heavy atom. The molecule has 0 unspecified atom stereocenters. The van der Waals surface area contributed by atoms with E-state index < -0.39 is 6.09 Å². The van der Waals surface area contributed by atoms with Gasteiger partial charge in [0.2, 0.25) is 0 Å². The van der Waals surface area contributed by atoms with Crippen molar-refractivity contribution in [2.45, 2.75) is 34.6 Å². The molecule has 0 aromatic carbocycles. The molecule has 19 heavy (non-hydrogen) atoms. The van der Waals surface area contributed by atoms with Crippen LogP contribution in [0.5, 0.6) is 0 Å². The Labute approximate surface area is 116 Å². The molecule has 1 rings (SSSR count). The molecular weight excluding hydrogens is 244 g/mol. The number of nitrogens with zero attached hydrogens (tertiary/aromatic N) is 2. The molecule has 0 N–H and O–H groups in total. The van der Waals surface area contributed by atoms with Crippen molar-refractivity contribution in [2.24, 2.45) is 16.3 Å². The molecule has 0 atom stereocenters. The monoisotopic (exact) mass is 270 g/mol. The van der Waals surface area contributed by atoms with E-state index in [0.717, 1.165) is 18.9 Å². The first-order chi connectivity index (χ1) is 8.80. The normalized spacial score (nSPS) is 17.8. The Hall–Kier alpha value is -1.10. The van der Waals surface area contributed by atoms with Crippen LogP contribution >= 0.6 is 0 Å². The fourth-order valence-corrected chi connectivity index (χ4v) is 1.84. The lowest BCUT2D eigenvalue weighted by molar-refractivity contribution is 0.0641. The summed E-state index contributed by atoms with van der Waals surface area (Å²) in [5.41, 5.74) is -0.186. The van der Waals surface area contributed by atoms with E-state index in [4.69, 9.17) is 9.47 Å². The smallest absolute Gasteiger partial charge is 0.435 e. The number of amides is 1. The zero-order chi connectivity index (χ0) is 14.5. The first kappa shape index (κ1) is 16.0. The van der Waals surface area contributed by atoms with E-state index in [1.807, 2.05) is 13.8 Å². The highest BCUT2D eigenvalue weighted by Gasteiger charge is 2.27. The highest BCUT2D eigenvalue weighted by molar-refractivity contribution is 5.95. The van der Waals surface area contributed by atoms with Crippen LogP contribution in [-0.4, -0.2) is 49.7 Å². The van der Waals surface area contributed by atoms with E-state index >= 15 is 0 Å². The number of hydrogen-bond acceptors (Lipinski definition) is 3. The molecule has 0 saturated carbocycles. The van der Waals surface area contributed by atoms with Gasteiger partial charge in [-0.25, -0.2) is 4.79 Å². The molecule has 1 saturated heterocycles. The number of ether oxygens (including phenoxy) is 2. The molecule has 0 bridgehead atoms. The highest BCUT2D eigenvalue weighted by Crippen LogP contribution is 2.20. The molecule has 1 heterocycles. The fourth-order valence-electron chi connectivity index (χ4n) is 1.84. The van der Waals surface area contributed by atoms with E-state index in [-0.39, 0.29) is 5.41 Å². The second-order valence-corrected chi connectivity index (χ2v) is 6.26. The van der Waals surface area contributed by atoms with Gasteiger partial charge in [-0.05, 0) is 5.92 Å². The summed E-state index contributed by atoms with van der Waals surface area (Å²) in [7, 11) is 0. The van der Waals surface area contributed by atoms with Gasteiger partial charge in [0.05, 0.1) is 19.8 Å². The molecule has 0 aromatic rings. The summed E-state index contributed by atoms with van der Waals surface area (Å²) in [5, 5.41) is 0. The number of rotatable bonds is 2. The summed E-state index contributed by atoms with van der Waals surface area (Å²) in [6, 6.07) is 0. The van der Waals surface area contributed by atoms with Crippen LogP contribution in [0.1, 0.15) is 34.6 Å². The van der Waals surface area contributed by atoms with Crippen molar-refractivity contribution in [1.82, 2.24) is 4.90 Å². The van der Waals surface area contributed by atoms with E-state index in [0.29, 0.717) is 25.7 Å². The third-order valence-corrected chi connectivity index (χ3v) is 2.72. The third kappa shape index (κ3) is 5.59. The molecule has 110 valence electrons. The number of morpholine rings is 1. The van der Waals surface area contributed by atoms with Gasteiger partial charge in [0.15, 0.2) is 0 Å². The van der Waals surface area contributed by atoms with Crippen LogP contribution in [0.15, 0.2) is 4.99 Å². The van der Waals surface area contributed by atoms with Crippen LogP contribution in [0, 0.1) is 11.3 Å². The van der Waals surface area contributed by atoms with Crippen molar-refractivity contribution >= 4 is 11.9 Å². The lowest BCUT2D eigenvalue weighted by Crippen LogP contribution is -2.46. The van der Waals surface area contributed by atoms with Crippen molar-refractivity contribution in [3.05, 3.63) is 0 Å². The average molecular weight is 270 g/mol. The zero-order valence-electron chi connectivity index (χ0n) is 12.7. The minimum absolute atomic E-state index is 0.186. The largest absolute Gasteiger partial charge is 0.448 e. The molecule has 0 radical (unpaired) electrons. The van der Waals surface area contributed by atoms with Gasteiger partial charge < -0.3 is 14.4 Å². The van der Waals surface area contributed by atoms with Crippen molar-refractivity contribution in [3.8, 4) is 0 Å². The van der Waals surface area contributed by atoms with E-state index in [2.05, 4.69) is 30.7 Å². The quantitative estimate of drug-likeness (QED) is 0.571. The van der Waals surface area contributed by atoms with Crippen molar-refractivity contribution in [3.63, 3.8) is 0 Å². The second kappa shape index (κ2) is 6.89. The maximum absolute atomic E-state index is 11.8. The topological polar surface area (TPSA) is 51.1 Å². The minimum atomic E-state index is -0.495. The molecule has 1 amide bonds. The molecule has 1 fully saturated rings. The van der Waals surface area contributed by atoms with E-state index in [1.165, 1.54) is 0 Å². The van der Waals surface area contributed by atoms with E-state index in [9.17, 15) is 4.79 Å². The molecule has 5 nitrogen and oxygen atoms in total. The Kier molecular flexibility index (Phi) is 5.79. The summed E-state index contributed by atoms with van der Waals surface area (Å²) in [6.07, 6.45) is -0.495. The summed E-state index contributed by atoms with van der Waals surface area (Å²) in [4.78, 5) is 18.1. The molecule has 1 aliphatic rings. The van der Waals surface area contributed by atoms with Crippen LogP contribution in [0.25, 0.3) is 0 Å². The number of aliphatic imine (C=N–C) groups is 1. The van der Waals surface area contributed by atoms with Crippen LogP contribution in [0.3, 0.4) is 0 Å². The fraction of sp³-hybridized carbons (Fsp3) is 0.857. The van der Waals surface area contributed by atoms with Gasteiger partial charge in [-0.2, -0.15) is 4.99 Å². The van der Waals surface area contributed by atoms with Gasteiger partial charge in [-0.15, -0.1) is 0 Å². The maximum Gasteiger partial charge on any atom is 0.435 e. The number of hydrogen-bond donors (Lipinski definition) is 0. The Morgan fingerprint density at radius 3 is 2.37 bits per heavy atom. The van der Waals surface area contributed by atoms with E-state index in [1.54, 1.807) is 0 Å². The van der Waals surface area contributed by atoms with Gasteiger partial charge in [-0.3, -0.25) is 0 Å². The first-order valence-electron chi connectivity index (χ1n) is 6.89. The predicted octanol–water partition coefficient (Wildman–Crippen LogP) is 2.56. The summed E-state index contributed by atoms with van der Waals surface area (Å²) in [5.74, 6) is 1.10. The van der Waals surface area contributed by atoms with Gasteiger partial charge >= 0.3 is 6.09 Å². The Morgan fingerprint density at radius 2 is 1.89 bits per heavy atom. The standard InChI is InChI=1S/C14H26N2O3/c1-11(2)10-19-13(17)15-12(14(3,4)5)16-6-8-18-9-7-16/h11H,6-10H2,1-5H3/b15-12-. The molecule has 1 aliphatic heterocycles. The molecule has 0 aromatic heterocycles. The summed E-state index contributed by atoms with van der Waals surface area (Å²) in [6.45, 7) is 13.5. The van der Waals surface area contributed by atoms with Gasteiger partial charge in [0, 0.05) is 18.5 Å². The highest BCUT2D eigenvalue weighted by atomic mass is 16.5. The van der Waals surface area contributed by atoms with Gasteiger partial charge in [-0.1, -0.05) is 34.6 Å². The van der Waals surface area contributed by atoms with Crippen LogP contribution in [0.4, 0.5) is 4.79 Å². The zero-order valence-corrected chi connectivity index (χ0v) is 12.7. The molecule has 5 heteroatoms. The number of carbonyl (C=O) groups excluding carboxylic acids is 1. The van der Waals surface area contributed by atoms with Crippen molar-refractivity contribution in [2.75, 3.05) is 32.9 Å². The Balaban J connectivity index is 2.75. The van der Waals surface area contributed by atoms with Crippen molar-refractivity contribution < 1.29 is 14.3 Å². The maximum atomic E-state index is 11.8. The number of amidine groups is 1. The second-order valence-electron chi connectivity index (χ2n) is 6.26. The van der Waals surface area contributed by atoms with Gasteiger partial charge in [0.1, 0.15) is 5.84 Å². The summed E-state index contributed by atoms with van der Waals surface area (Å²) >= 11 is 0. The predicted molar refractivity (Wildman–Crippen MR) is 75.5 cm³/mol. The lowest BCUT2D eigenvalue weighted by atomic mass is 9.93. The lowest BCUT2D eigenvalue weighted by Gasteiger charge is -2.35. The Bertz CT molecular complexity index is 326. The van der Waals surface area contributed by atoms with Crippen LogP contribution in [-0.2, 0) is 9.47 Å². The van der Waals surface area contributed by atoms with Crippen LogP contribution < -0.4 is 0 Å². The number of carbonyl (C=O) groups is 1. The SMILES string of the molecule is CC(C)COC(=O)/N=C(\N1CCOCC1)C(C)(C)C. The molecule has 0 aliphatic carbocycles. The van der Waals surface area contributed by atoms with Gasteiger partial charge in [0.25, 0.3) is 0 Å². The molecular formula is C14H26N2O3. The molecule has 0 spiro atoms. The third-order valence-electron chi connectivity index (χ3n) is 2.72. The van der Waals surface area contributed by atoms with Crippen molar-refractivity contribution in [1.29, 1.82) is 0 Å². The first-order valence-corrected chi connectivity index (χ1v) is 6.89. The summed E-state index contributed by atoms with van der Waals surface area (Å²) < 4.78 is 10.5.